The number of nitrogens with zero attached hydrogens (tertiary/aromatic N) is 1. The number of carbonyl (C=O) groups excluding carboxylic acids is 2. The van der Waals surface area contributed by atoms with Crippen molar-refractivity contribution in [1.82, 2.24) is 14.9 Å². The number of aliphatic hydroxyl groups excluding tert-OH is 2. The van der Waals surface area contributed by atoms with Crippen LogP contribution in [-0.4, -0.2) is 44.3 Å². The maximum Gasteiger partial charge on any atom is 0.259 e. The molecule has 0 radical (unpaired) electrons. The van der Waals surface area contributed by atoms with Gasteiger partial charge in [-0.05, 0) is 24.3 Å². The molecule has 0 fully saturated rings. The van der Waals surface area contributed by atoms with Gasteiger partial charge < -0.3 is 19.8 Å². The Morgan fingerprint density at radius 3 is 2.52 bits per heavy atom. The van der Waals surface area contributed by atoms with Gasteiger partial charge in [0.15, 0.2) is 0 Å². The summed E-state index contributed by atoms with van der Waals surface area (Å²) in [4.78, 5) is 28.9. The molecule has 3 heterocycles. The van der Waals surface area contributed by atoms with Crippen LogP contribution in [0.2, 0.25) is 0 Å². The van der Waals surface area contributed by atoms with Crippen LogP contribution in [0, 0.1) is 0 Å². The summed E-state index contributed by atoms with van der Waals surface area (Å²) in [5.74, 6) is -0.914. The molecule has 2 amide bonds. The van der Waals surface area contributed by atoms with E-state index in [9.17, 15) is 19.8 Å². The molecule has 0 spiro atoms. The van der Waals surface area contributed by atoms with Crippen molar-refractivity contribution in [2.75, 3.05) is 6.61 Å². The molecule has 2 aromatic carbocycles. The average Bonchev–Trinajstić information content (AvgIpc) is 3.41. The van der Waals surface area contributed by atoms with Crippen LogP contribution >= 0.6 is 15.9 Å². The molecule has 4 N–H and O–H groups in total. The lowest BCUT2D eigenvalue weighted by atomic mass is 9.95. The number of hydrogen-bond acceptors (Lipinski definition) is 4. The molecular formula is C23H18BrN3O4. The number of benzene rings is 2. The van der Waals surface area contributed by atoms with Crippen LogP contribution in [0.15, 0.2) is 59.3 Å². The average molecular weight is 480 g/mol. The van der Waals surface area contributed by atoms with Crippen LogP contribution in [0.5, 0.6) is 0 Å². The van der Waals surface area contributed by atoms with Crippen LogP contribution in [0.1, 0.15) is 11.1 Å². The Balaban J connectivity index is 1.80. The SMILES string of the molecule is O=C1NC(=O)C(c2cn(CC(O)CO)c3ccc(Br)cc23)=C1c1c[nH]c2ccccc12. The smallest absolute Gasteiger partial charge is 0.259 e. The third-order valence-corrected chi connectivity index (χ3v) is 6.01. The summed E-state index contributed by atoms with van der Waals surface area (Å²) in [6, 6.07) is 13.2. The Hall–Kier alpha value is -3.20. The van der Waals surface area contributed by atoms with E-state index >= 15 is 0 Å². The lowest BCUT2D eigenvalue weighted by Gasteiger charge is -2.09. The van der Waals surface area contributed by atoms with Crippen LogP contribution < -0.4 is 5.32 Å². The van der Waals surface area contributed by atoms with E-state index in [0.717, 1.165) is 26.3 Å². The van der Waals surface area contributed by atoms with Gasteiger partial charge in [0.25, 0.3) is 11.8 Å². The molecule has 2 aromatic heterocycles. The van der Waals surface area contributed by atoms with Gasteiger partial charge in [0, 0.05) is 49.8 Å². The van der Waals surface area contributed by atoms with Crippen molar-refractivity contribution in [2.45, 2.75) is 12.6 Å². The zero-order chi connectivity index (χ0) is 21.7. The van der Waals surface area contributed by atoms with E-state index in [1.165, 1.54) is 0 Å². The zero-order valence-electron chi connectivity index (χ0n) is 16.2. The Morgan fingerprint density at radius 2 is 1.74 bits per heavy atom. The first-order valence-corrected chi connectivity index (χ1v) is 10.5. The molecule has 4 aromatic rings. The Morgan fingerprint density at radius 1 is 1.00 bits per heavy atom. The fourth-order valence-corrected chi connectivity index (χ4v) is 4.51. The highest BCUT2D eigenvalue weighted by Crippen LogP contribution is 2.39. The van der Waals surface area contributed by atoms with E-state index in [0.29, 0.717) is 16.7 Å². The number of halogens is 1. The number of fused-ring (bicyclic) bond motifs is 2. The van der Waals surface area contributed by atoms with Crippen molar-refractivity contribution in [3.63, 3.8) is 0 Å². The summed E-state index contributed by atoms with van der Waals surface area (Å²) < 4.78 is 2.61. The first kappa shape index (κ1) is 19.7. The second kappa shape index (κ2) is 7.49. The van der Waals surface area contributed by atoms with E-state index in [-0.39, 0.29) is 18.7 Å². The molecule has 31 heavy (non-hydrogen) atoms. The highest BCUT2D eigenvalue weighted by Gasteiger charge is 2.35. The molecule has 0 saturated carbocycles. The minimum Gasteiger partial charge on any atom is -0.394 e. The van der Waals surface area contributed by atoms with Gasteiger partial charge in [-0.25, -0.2) is 0 Å². The van der Waals surface area contributed by atoms with Gasteiger partial charge >= 0.3 is 0 Å². The summed E-state index contributed by atoms with van der Waals surface area (Å²) in [5.41, 5.74) is 3.49. The van der Waals surface area contributed by atoms with E-state index in [1.54, 1.807) is 17.0 Å². The van der Waals surface area contributed by atoms with Crippen LogP contribution in [-0.2, 0) is 16.1 Å². The minimum atomic E-state index is -0.951. The maximum absolute atomic E-state index is 12.9. The summed E-state index contributed by atoms with van der Waals surface area (Å²) in [5, 5.41) is 23.3. The van der Waals surface area contributed by atoms with Crippen molar-refractivity contribution >= 4 is 60.7 Å². The van der Waals surface area contributed by atoms with E-state index in [4.69, 9.17) is 0 Å². The van der Waals surface area contributed by atoms with Gasteiger partial charge in [0.05, 0.1) is 30.4 Å². The monoisotopic (exact) mass is 479 g/mol. The highest BCUT2D eigenvalue weighted by atomic mass is 79.9. The number of aromatic amines is 1. The number of carbonyl (C=O) groups is 2. The Labute approximate surface area is 185 Å². The number of rotatable bonds is 5. The highest BCUT2D eigenvalue weighted by molar-refractivity contribution is 9.10. The predicted molar refractivity (Wildman–Crippen MR) is 121 cm³/mol. The summed E-state index contributed by atoms with van der Waals surface area (Å²) in [6.07, 6.45) is 2.54. The predicted octanol–water partition coefficient (Wildman–Crippen LogP) is 2.81. The number of para-hydroxylation sites is 1. The first-order chi connectivity index (χ1) is 15.0. The van der Waals surface area contributed by atoms with Crippen molar-refractivity contribution in [1.29, 1.82) is 0 Å². The van der Waals surface area contributed by atoms with Crippen LogP contribution in [0.3, 0.4) is 0 Å². The zero-order valence-corrected chi connectivity index (χ0v) is 17.8. The fourth-order valence-electron chi connectivity index (χ4n) is 4.15. The van der Waals surface area contributed by atoms with Crippen molar-refractivity contribution < 1.29 is 19.8 Å². The number of hydrogen-bond donors (Lipinski definition) is 4. The minimum absolute atomic E-state index is 0.153. The van der Waals surface area contributed by atoms with Gasteiger partial charge in [0.2, 0.25) is 0 Å². The van der Waals surface area contributed by atoms with Crippen LogP contribution in [0.4, 0.5) is 0 Å². The lowest BCUT2D eigenvalue weighted by molar-refractivity contribution is -0.122. The quantitative estimate of drug-likeness (QED) is 0.330. The number of nitrogens with one attached hydrogen (secondary N) is 2. The molecule has 1 atom stereocenters. The Bertz CT molecular complexity index is 1400. The molecule has 0 bridgehead atoms. The molecule has 1 aliphatic heterocycles. The third kappa shape index (κ3) is 3.20. The maximum atomic E-state index is 12.9. The van der Waals surface area contributed by atoms with E-state index < -0.39 is 17.9 Å². The molecule has 156 valence electrons. The summed E-state index contributed by atoms with van der Waals surface area (Å²) >= 11 is 3.48. The molecule has 1 aliphatic rings. The lowest BCUT2D eigenvalue weighted by Crippen LogP contribution is -2.22. The number of H-pyrrole nitrogens is 1. The third-order valence-electron chi connectivity index (χ3n) is 5.52. The second-order valence-electron chi connectivity index (χ2n) is 7.47. The normalized spacial score (nSPS) is 15.3. The number of aromatic nitrogens is 2. The van der Waals surface area contributed by atoms with Gasteiger partial charge in [-0.2, -0.15) is 0 Å². The number of aliphatic hydroxyl groups is 2. The molecular weight excluding hydrogens is 462 g/mol. The fraction of sp³-hybridized carbons (Fsp3) is 0.130. The molecule has 0 saturated heterocycles. The number of imide groups is 1. The largest absolute Gasteiger partial charge is 0.394 e. The van der Waals surface area contributed by atoms with E-state index in [2.05, 4.69) is 26.2 Å². The van der Waals surface area contributed by atoms with Gasteiger partial charge in [-0.3, -0.25) is 14.9 Å². The topological polar surface area (TPSA) is 107 Å². The molecule has 8 heteroatoms. The first-order valence-electron chi connectivity index (χ1n) is 9.72. The second-order valence-corrected chi connectivity index (χ2v) is 8.39. The standard InChI is InChI=1S/C23H18BrN3O4/c24-12-5-6-19-15(7-12)17(10-27(19)9-13(29)11-28)21-20(22(30)26-23(21)31)16-8-25-18-4-2-1-3-14(16)18/h1-8,10,13,25,28-29H,9,11H2,(H,26,30,31). The molecule has 0 aliphatic carbocycles. The summed E-state index contributed by atoms with van der Waals surface area (Å²) in [6.45, 7) is -0.228. The van der Waals surface area contributed by atoms with E-state index in [1.807, 2.05) is 42.5 Å². The molecule has 5 rings (SSSR count). The van der Waals surface area contributed by atoms with Crippen molar-refractivity contribution in [2.24, 2.45) is 0 Å². The molecule has 7 nitrogen and oxygen atoms in total. The Kier molecular flexibility index (Phi) is 4.77. The van der Waals surface area contributed by atoms with Gasteiger partial charge in [0.1, 0.15) is 0 Å². The molecule has 1 unspecified atom stereocenters. The van der Waals surface area contributed by atoms with Gasteiger partial charge in [-0.1, -0.05) is 34.1 Å². The van der Waals surface area contributed by atoms with Crippen molar-refractivity contribution in [3.8, 4) is 0 Å². The van der Waals surface area contributed by atoms with Gasteiger partial charge in [-0.15, -0.1) is 0 Å². The summed E-state index contributed by atoms with van der Waals surface area (Å²) in [7, 11) is 0. The van der Waals surface area contributed by atoms with Crippen LogP contribution in [0.25, 0.3) is 33.0 Å². The number of amides is 2. The van der Waals surface area contributed by atoms with Crippen molar-refractivity contribution in [3.05, 3.63) is 70.5 Å².